The van der Waals surface area contributed by atoms with Crippen molar-refractivity contribution in [3.05, 3.63) is 40.4 Å². The van der Waals surface area contributed by atoms with E-state index in [2.05, 4.69) is 6.58 Å². The maximum atomic E-state index is 12.6. The van der Waals surface area contributed by atoms with Crippen LogP contribution < -0.4 is 4.74 Å². The zero-order valence-corrected chi connectivity index (χ0v) is 17.0. The highest BCUT2D eigenvalue weighted by molar-refractivity contribution is 6.42. The van der Waals surface area contributed by atoms with Crippen LogP contribution in [0.4, 0.5) is 4.79 Å². The summed E-state index contributed by atoms with van der Waals surface area (Å²) in [6, 6.07) is 2.95. The minimum absolute atomic E-state index is 0.150. The fourth-order valence-electron chi connectivity index (χ4n) is 3.19. The molecule has 0 spiro atoms. The molecule has 1 aliphatic heterocycles. The van der Waals surface area contributed by atoms with E-state index in [1.807, 2.05) is 0 Å². The van der Waals surface area contributed by atoms with Crippen LogP contribution in [-0.2, 0) is 4.74 Å². The summed E-state index contributed by atoms with van der Waals surface area (Å²) < 4.78 is 10.9. The Morgan fingerprint density at radius 3 is 2.62 bits per heavy atom. The zero-order valence-electron chi connectivity index (χ0n) is 15.5. The topological polar surface area (TPSA) is 59.0 Å². The highest BCUT2D eigenvalue weighted by Crippen LogP contribution is 2.44. The second kappa shape index (κ2) is 8.07. The summed E-state index contributed by atoms with van der Waals surface area (Å²) in [4.78, 5) is 14.2. The average Bonchev–Trinajstić information content (AvgIpc) is 2.99. The molecule has 5 nitrogen and oxygen atoms in total. The molecule has 3 atom stereocenters. The molecular formula is C19H25Cl2NO4. The molecule has 1 aromatic carbocycles. The van der Waals surface area contributed by atoms with Crippen LogP contribution in [0.2, 0.25) is 10.0 Å². The highest BCUT2D eigenvalue weighted by Gasteiger charge is 2.42. The Morgan fingerprint density at radius 1 is 1.42 bits per heavy atom. The third-order valence-electron chi connectivity index (χ3n) is 4.33. The number of aliphatic hydroxyl groups is 1. The Balaban J connectivity index is 2.38. The standard InChI is InChI=1S/C19H25Cl2NO4/c1-6-14(23)13-9-11(10-22(13)18(24)26-19(2,3)4)16-15(25-5)8-7-12(20)17(16)21/h6-8,11,13-14,23H,1,9-10H2,2-5H3/t11-,13-,14?/m0/s1. The molecule has 0 radical (unpaired) electrons. The Kier molecular flexibility index (Phi) is 6.48. The SMILES string of the molecule is C=CC(O)[C@@H]1C[C@H](c2c(OC)ccc(Cl)c2Cl)CN1C(=O)OC(C)(C)C. The molecular weight excluding hydrogens is 377 g/mol. The van der Waals surface area contributed by atoms with E-state index in [4.69, 9.17) is 32.7 Å². The van der Waals surface area contributed by atoms with E-state index in [9.17, 15) is 9.90 Å². The fraction of sp³-hybridized carbons (Fsp3) is 0.526. The number of amides is 1. The van der Waals surface area contributed by atoms with Crippen molar-refractivity contribution < 1.29 is 19.4 Å². The third kappa shape index (κ3) is 4.45. The Hall–Kier alpha value is -1.43. The van der Waals surface area contributed by atoms with Gasteiger partial charge in [-0.05, 0) is 39.3 Å². The van der Waals surface area contributed by atoms with Crippen LogP contribution in [0.3, 0.4) is 0 Å². The van der Waals surface area contributed by atoms with Crippen LogP contribution in [0.15, 0.2) is 24.8 Å². The molecule has 1 fully saturated rings. The predicted molar refractivity (Wildman–Crippen MR) is 103 cm³/mol. The Bertz CT molecular complexity index is 687. The number of rotatable bonds is 4. The van der Waals surface area contributed by atoms with Crippen LogP contribution in [0.25, 0.3) is 0 Å². The van der Waals surface area contributed by atoms with Gasteiger partial charge in [-0.15, -0.1) is 6.58 Å². The molecule has 7 heteroatoms. The van der Waals surface area contributed by atoms with Gasteiger partial charge in [0.1, 0.15) is 11.4 Å². The van der Waals surface area contributed by atoms with Gasteiger partial charge >= 0.3 is 6.09 Å². The van der Waals surface area contributed by atoms with E-state index in [1.54, 1.807) is 40.0 Å². The van der Waals surface area contributed by atoms with Gasteiger partial charge in [0, 0.05) is 18.0 Å². The first-order valence-corrected chi connectivity index (χ1v) is 9.16. The molecule has 1 unspecified atom stereocenters. The molecule has 0 aromatic heterocycles. The number of hydrogen-bond donors (Lipinski definition) is 1. The number of aliphatic hydroxyl groups excluding tert-OH is 1. The van der Waals surface area contributed by atoms with E-state index in [-0.39, 0.29) is 5.92 Å². The third-order valence-corrected chi connectivity index (χ3v) is 5.15. The van der Waals surface area contributed by atoms with Gasteiger partial charge in [0.25, 0.3) is 0 Å². The minimum atomic E-state index is -0.878. The van der Waals surface area contributed by atoms with Crippen molar-refractivity contribution in [1.29, 1.82) is 0 Å². The molecule has 0 bridgehead atoms. The van der Waals surface area contributed by atoms with Gasteiger partial charge < -0.3 is 19.5 Å². The lowest BCUT2D eigenvalue weighted by molar-refractivity contribution is 0.0113. The first-order chi connectivity index (χ1) is 12.1. The largest absolute Gasteiger partial charge is 0.496 e. The van der Waals surface area contributed by atoms with E-state index >= 15 is 0 Å². The molecule has 144 valence electrons. The van der Waals surface area contributed by atoms with Gasteiger partial charge in [0.2, 0.25) is 0 Å². The second-order valence-electron chi connectivity index (χ2n) is 7.34. The van der Waals surface area contributed by atoms with Gasteiger partial charge in [-0.25, -0.2) is 4.79 Å². The number of nitrogens with zero attached hydrogens (tertiary/aromatic N) is 1. The smallest absolute Gasteiger partial charge is 0.410 e. The summed E-state index contributed by atoms with van der Waals surface area (Å²) in [5.41, 5.74) is 0.0959. The lowest BCUT2D eigenvalue weighted by Crippen LogP contribution is -2.44. The second-order valence-corrected chi connectivity index (χ2v) is 8.12. The first-order valence-electron chi connectivity index (χ1n) is 8.41. The molecule has 26 heavy (non-hydrogen) atoms. The molecule has 0 saturated carbocycles. The normalized spacial score (nSPS) is 21.4. The maximum absolute atomic E-state index is 12.6. The minimum Gasteiger partial charge on any atom is -0.496 e. The van der Waals surface area contributed by atoms with Gasteiger partial charge in [0.15, 0.2) is 0 Å². The number of methoxy groups -OCH3 is 1. The lowest BCUT2D eigenvalue weighted by Gasteiger charge is -2.30. The van der Waals surface area contributed by atoms with Gasteiger partial charge in [-0.1, -0.05) is 29.3 Å². The van der Waals surface area contributed by atoms with E-state index in [1.165, 1.54) is 11.0 Å². The van der Waals surface area contributed by atoms with E-state index < -0.39 is 23.8 Å². The van der Waals surface area contributed by atoms with Gasteiger partial charge in [-0.3, -0.25) is 0 Å². The first kappa shape index (κ1) is 20.9. The van der Waals surface area contributed by atoms with E-state index in [0.717, 1.165) is 5.56 Å². The van der Waals surface area contributed by atoms with Crippen LogP contribution >= 0.6 is 23.2 Å². The quantitative estimate of drug-likeness (QED) is 0.746. The van der Waals surface area contributed by atoms with Gasteiger partial charge in [0.05, 0.1) is 29.3 Å². The monoisotopic (exact) mass is 401 g/mol. The summed E-state index contributed by atoms with van der Waals surface area (Å²) in [6.45, 7) is 9.37. The number of hydrogen-bond acceptors (Lipinski definition) is 4. The fourth-order valence-corrected chi connectivity index (χ4v) is 3.67. The van der Waals surface area contributed by atoms with Crippen LogP contribution in [-0.4, -0.2) is 47.5 Å². The lowest BCUT2D eigenvalue weighted by atomic mass is 9.93. The summed E-state index contributed by atoms with van der Waals surface area (Å²) >= 11 is 12.6. The summed E-state index contributed by atoms with van der Waals surface area (Å²) in [7, 11) is 1.56. The van der Waals surface area contributed by atoms with Crippen LogP contribution in [0.5, 0.6) is 5.75 Å². The van der Waals surface area contributed by atoms with Crippen molar-refractivity contribution in [2.45, 2.75) is 50.9 Å². The molecule has 1 aliphatic rings. The molecule has 1 N–H and O–H groups in total. The summed E-state index contributed by atoms with van der Waals surface area (Å²) in [5.74, 6) is 0.450. The highest BCUT2D eigenvalue weighted by atomic mass is 35.5. The van der Waals surface area contributed by atoms with Crippen molar-refractivity contribution in [3.8, 4) is 5.75 Å². The van der Waals surface area contributed by atoms with Crippen molar-refractivity contribution in [2.75, 3.05) is 13.7 Å². The number of ether oxygens (including phenoxy) is 2. The average molecular weight is 402 g/mol. The van der Waals surface area contributed by atoms with Gasteiger partial charge in [-0.2, -0.15) is 0 Å². The Labute approximate surface area is 164 Å². The predicted octanol–water partition coefficient (Wildman–Crippen LogP) is 4.64. The molecule has 2 rings (SSSR count). The number of benzene rings is 1. The number of halogens is 2. The van der Waals surface area contributed by atoms with Crippen molar-refractivity contribution in [1.82, 2.24) is 4.90 Å². The van der Waals surface area contributed by atoms with Crippen molar-refractivity contribution in [2.24, 2.45) is 0 Å². The number of likely N-dealkylation sites (tertiary alicyclic amines) is 1. The van der Waals surface area contributed by atoms with E-state index in [0.29, 0.717) is 28.8 Å². The summed E-state index contributed by atoms with van der Waals surface area (Å²) in [5, 5.41) is 11.1. The summed E-state index contributed by atoms with van der Waals surface area (Å²) in [6.07, 6.45) is 0.545. The van der Waals surface area contributed by atoms with Crippen molar-refractivity contribution in [3.63, 3.8) is 0 Å². The van der Waals surface area contributed by atoms with Crippen molar-refractivity contribution >= 4 is 29.3 Å². The molecule has 0 aliphatic carbocycles. The van der Waals surface area contributed by atoms with Crippen LogP contribution in [0.1, 0.15) is 38.7 Å². The zero-order chi connectivity index (χ0) is 19.6. The molecule has 1 heterocycles. The molecule has 1 amide bonds. The molecule has 1 aromatic rings. The molecule has 1 saturated heterocycles. The van der Waals surface area contributed by atoms with Crippen LogP contribution in [0, 0.1) is 0 Å². The number of carbonyl (C=O) groups excluding carboxylic acids is 1. The number of carbonyl (C=O) groups is 1. The Morgan fingerprint density at radius 2 is 2.08 bits per heavy atom. The maximum Gasteiger partial charge on any atom is 0.410 e.